The summed E-state index contributed by atoms with van der Waals surface area (Å²) >= 11 is 0. The lowest BCUT2D eigenvalue weighted by atomic mass is 9.86. The summed E-state index contributed by atoms with van der Waals surface area (Å²) in [5.74, 6) is -0.0361. The van der Waals surface area contributed by atoms with E-state index >= 15 is 0 Å². The molecule has 33 heavy (non-hydrogen) atoms. The molecule has 4 N–H and O–H groups in total. The third kappa shape index (κ3) is 4.94. The van der Waals surface area contributed by atoms with E-state index in [-0.39, 0.29) is 36.0 Å². The molecule has 0 bridgehead atoms. The summed E-state index contributed by atoms with van der Waals surface area (Å²) in [6, 6.07) is 15.4. The normalized spacial score (nSPS) is 23.6. The van der Waals surface area contributed by atoms with Gasteiger partial charge in [0.2, 0.25) is 5.91 Å². The quantitative estimate of drug-likeness (QED) is 0.533. The second-order valence-electron chi connectivity index (χ2n) is 8.82. The van der Waals surface area contributed by atoms with Crippen molar-refractivity contribution >= 4 is 29.3 Å². The van der Waals surface area contributed by atoms with Crippen LogP contribution in [0.25, 0.3) is 0 Å². The minimum Gasteiger partial charge on any atom is -0.465 e. The van der Waals surface area contributed by atoms with Crippen LogP contribution < -0.4 is 20.9 Å². The molecule has 2 aromatic carbocycles. The number of benzene rings is 2. The maximum absolute atomic E-state index is 12.5. The zero-order valence-electron chi connectivity index (χ0n) is 18.9. The van der Waals surface area contributed by atoms with Gasteiger partial charge in [0.25, 0.3) is 5.91 Å². The van der Waals surface area contributed by atoms with Crippen LogP contribution in [0, 0.1) is 0 Å². The Kier molecular flexibility index (Phi) is 6.53. The maximum atomic E-state index is 12.5. The number of carbonyl (C=O) groups is 3. The summed E-state index contributed by atoms with van der Waals surface area (Å²) < 4.78 is 0. The first-order valence-electron chi connectivity index (χ1n) is 11.4. The Morgan fingerprint density at radius 2 is 1.64 bits per heavy atom. The SMILES string of the molecule is CCC(=O)N1c2ccccc2[C@H](Nc2ccc(C(=O)N[C@H]3C[C@H](NC(=O)O)C3)cc2)C[C@@H]1C. The number of nitrogens with one attached hydrogen (secondary N) is 3. The molecule has 1 aliphatic carbocycles. The number of carboxylic acid groups (broad SMARTS) is 1. The number of hydrogen-bond acceptors (Lipinski definition) is 4. The molecule has 0 saturated heterocycles. The average Bonchev–Trinajstić information content (AvgIpc) is 2.77. The van der Waals surface area contributed by atoms with Crippen molar-refractivity contribution in [2.45, 2.75) is 63.7 Å². The van der Waals surface area contributed by atoms with E-state index in [4.69, 9.17) is 5.11 Å². The van der Waals surface area contributed by atoms with Crippen LogP contribution in [0.4, 0.5) is 16.2 Å². The molecule has 1 fully saturated rings. The maximum Gasteiger partial charge on any atom is 0.404 e. The standard InChI is InChI=1S/C25H30N4O4/c1-3-23(30)29-15(2)12-21(20-6-4-5-7-22(20)29)26-17-10-8-16(9-11-17)24(31)27-18-13-19(14-18)28-25(32)33/h4-11,15,18-19,21,26,28H,3,12-14H2,1-2H3,(H,27,31)(H,32,33)/t15-,18-,19-,21+/m0/s1. The van der Waals surface area contributed by atoms with E-state index in [1.54, 1.807) is 12.1 Å². The van der Waals surface area contributed by atoms with Crippen LogP contribution in [0.5, 0.6) is 0 Å². The highest BCUT2D eigenvalue weighted by molar-refractivity contribution is 5.96. The fourth-order valence-electron chi connectivity index (χ4n) is 4.72. The first-order chi connectivity index (χ1) is 15.9. The Morgan fingerprint density at radius 1 is 0.970 bits per heavy atom. The highest BCUT2D eigenvalue weighted by atomic mass is 16.4. The van der Waals surface area contributed by atoms with Crippen LogP contribution in [0.2, 0.25) is 0 Å². The first-order valence-corrected chi connectivity index (χ1v) is 11.4. The lowest BCUT2D eigenvalue weighted by molar-refractivity contribution is -0.118. The molecule has 4 rings (SSSR count). The Balaban J connectivity index is 1.39. The number of rotatable bonds is 6. The van der Waals surface area contributed by atoms with E-state index in [9.17, 15) is 14.4 Å². The Bertz CT molecular complexity index is 1030. The molecule has 0 radical (unpaired) electrons. The Labute approximate surface area is 193 Å². The Morgan fingerprint density at radius 3 is 2.30 bits per heavy atom. The number of anilines is 2. The molecule has 8 nitrogen and oxygen atoms in total. The second kappa shape index (κ2) is 9.52. The summed E-state index contributed by atoms with van der Waals surface area (Å²) in [5, 5.41) is 17.7. The second-order valence-corrected chi connectivity index (χ2v) is 8.82. The van der Waals surface area contributed by atoms with Crippen molar-refractivity contribution in [2.24, 2.45) is 0 Å². The number of nitrogens with zero attached hydrogens (tertiary/aromatic N) is 1. The monoisotopic (exact) mass is 450 g/mol. The molecule has 1 aliphatic heterocycles. The van der Waals surface area contributed by atoms with Crippen molar-refractivity contribution in [3.63, 3.8) is 0 Å². The number of fused-ring (bicyclic) bond motifs is 1. The van der Waals surface area contributed by atoms with Crippen molar-refractivity contribution in [3.8, 4) is 0 Å². The molecular weight excluding hydrogens is 420 g/mol. The van der Waals surface area contributed by atoms with Crippen LogP contribution in [-0.2, 0) is 4.79 Å². The van der Waals surface area contributed by atoms with Crippen LogP contribution in [0.3, 0.4) is 0 Å². The number of carbonyl (C=O) groups excluding carboxylic acids is 2. The fourth-order valence-corrected chi connectivity index (χ4v) is 4.72. The summed E-state index contributed by atoms with van der Waals surface area (Å²) in [5.41, 5.74) is 3.51. The lowest BCUT2D eigenvalue weighted by Crippen LogP contribution is -2.53. The van der Waals surface area contributed by atoms with Gasteiger partial charge >= 0.3 is 6.09 Å². The summed E-state index contributed by atoms with van der Waals surface area (Å²) in [4.78, 5) is 37.6. The van der Waals surface area contributed by atoms with Crippen molar-refractivity contribution in [3.05, 3.63) is 59.7 Å². The molecular formula is C25H30N4O4. The summed E-state index contributed by atoms with van der Waals surface area (Å²) in [6.07, 6.45) is 1.44. The molecule has 0 aromatic heterocycles. The van der Waals surface area contributed by atoms with Gasteiger partial charge in [0.1, 0.15) is 0 Å². The minimum absolute atomic E-state index is 0.0128. The van der Waals surface area contributed by atoms with Crippen molar-refractivity contribution in [1.29, 1.82) is 0 Å². The molecule has 2 atom stereocenters. The molecule has 2 aromatic rings. The van der Waals surface area contributed by atoms with Crippen LogP contribution in [-0.4, -0.2) is 41.1 Å². The molecule has 174 valence electrons. The van der Waals surface area contributed by atoms with Crippen molar-refractivity contribution < 1.29 is 19.5 Å². The molecule has 0 spiro atoms. The average molecular weight is 451 g/mol. The third-order valence-electron chi connectivity index (χ3n) is 6.45. The van der Waals surface area contributed by atoms with Gasteiger partial charge in [-0.15, -0.1) is 0 Å². The third-order valence-corrected chi connectivity index (χ3v) is 6.45. The van der Waals surface area contributed by atoms with Crippen LogP contribution >= 0.6 is 0 Å². The van der Waals surface area contributed by atoms with Gasteiger partial charge in [0.05, 0.1) is 6.04 Å². The molecule has 2 aliphatic rings. The van der Waals surface area contributed by atoms with Crippen molar-refractivity contribution in [2.75, 3.05) is 10.2 Å². The molecule has 8 heteroatoms. The highest BCUT2D eigenvalue weighted by Crippen LogP contribution is 2.39. The van der Waals surface area contributed by atoms with E-state index in [1.807, 2.05) is 42.2 Å². The predicted octanol–water partition coefficient (Wildman–Crippen LogP) is 3.90. The zero-order chi connectivity index (χ0) is 23.5. The largest absolute Gasteiger partial charge is 0.465 e. The van der Waals surface area contributed by atoms with Crippen molar-refractivity contribution in [1.82, 2.24) is 10.6 Å². The molecule has 0 unspecified atom stereocenters. The zero-order valence-corrected chi connectivity index (χ0v) is 18.9. The van der Waals surface area contributed by atoms with Gasteiger partial charge in [0.15, 0.2) is 0 Å². The summed E-state index contributed by atoms with van der Waals surface area (Å²) in [7, 11) is 0. The van der Waals surface area contributed by atoms with Gasteiger partial charge in [-0.2, -0.15) is 0 Å². The van der Waals surface area contributed by atoms with Gasteiger partial charge in [-0.3, -0.25) is 9.59 Å². The van der Waals surface area contributed by atoms with Gasteiger partial charge < -0.3 is 26.0 Å². The van der Waals surface area contributed by atoms with E-state index in [0.717, 1.165) is 23.4 Å². The Hall–Kier alpha value is -3.55. The van der Waals surface area contributed by atoms with Crippen LogP contribution in [0.15, 0.2) is 48.5 Å². The fraction of sp³-hybridized carbons (Fsp3) is 0.400. The van der Waals surface area contributed by atoms with E-state index in [2.05, 4.69) is 28.9 Å². The number of amides is 3. The van der Waals surface area contributed by atoms with E-state index < -0.39 is 6.09 Å². The lowest BCUT2D eigenvalue weighted by Gasteiger charge is -2.40. The molecule has 1 saturated carbocycles. The predicted molar refractivity (Wildman–Crippen MR) is 127 cm³/mol. The first kappa shape index (κ1) is 22.6. The van der Waals surface area contributed by atoms with Gasteiger partial charge in [0, 0.05) is 41.5 Å². The highest BCUT2D eigenvalue weighted by Gasteiger charge is 2.33. The number of para-hydroxylation sites is 1. The smallest absolute Gasteiger partial charge is 0.404 e. The van der Waals surface area contributed by atoms with Gasteiger partial charge in [-0.1, -0.05) is 25.1 Å². The topological polar surface area (TPSA) is 111 Å². The van der Waals surface area contributed by atoms with E-state index in [1.165, 1.54) is 0 Å². The number of hydrogen-bond donors (Lipinski definition) is 4. The van der Waals surface area contributed by atoms with Gasteiger partial charge in [-0.05, 0) is 62.1 Å². The van der Waals surface area contributed by atoms with Crippen LogP contribution in [0.1, 0.15) is 61.5 Å². The molecule has 1 heterocycles. The minimum atomic E-state index is -1.03. The molecule has 3 amide bonds. The van der Waals surface area contributed by atoms with Gasteiger partial charge in [-0.25, -0.2) is 4.79 Å². The van der Waals surface area contributed by atoms with E-state index in [0.29, 0.717) is 24.8 Å². The summed E-state index contributed by atoms with van der Waals surface area (Å²) in [6.45, 7) is 3.96.